The minimum atomic E-state index is 0.0424. The summed E-state index contributed by atoms with van der Waals surface area (Å²) in [7, 11) is 0. The van der Waals surface area contributed by atoms with E-state index in [9.17, 15) is 4.79 Å². The molecule has 0 N–H and O–H groups in total. The van der Waals surface area contributed by atoms with Crippen LogP contribution in [0, 0.1) is 0 Å². The Kier molecular flexibility index (Phi) is 4.31. The molecule has 1 aromatic rings. The van der Waals surface area contributed by atoms with E-state index in [1.807, 2.05) is 11.0 Å². The van der Waals surface area contributed by atoms with E-state index in [-0.39, 0.29) is 12.7 Å². The van der Waals surface area contributed by atoms with Crippen LogP contribution in [-0.4, -0.2) is 55.2 Å². The minimum Gasteiger partial charge on any atom is -0.454 e. The van der Waals surface area contributed by atoms with Gasteiger partial charge in [0.15, 0.2) is 11.5 Å². The molecule has 0 aromatic heterocycles. The Bertz CT molecular complexity index is 554. The van der Waals surface area contributed by atoms with Gasteiger partial charge < -0.3 is 14.4 Å². The molecule has 1 fully saturated rings. The Labute approximate surface area is 128 Å². The molecule has 2 aliphatic rings. The van der Waals surface area contributed by atoms with Crippen molar-refractivity contribution in [1.29, 1.82) is 0 Å². The summed E-state index contributed by atoms with van der Waals surface area (Å²) >= 11 is 5.53. The third-order valence-electron chi connectivity index (χ3n) is 3.73. The van der Waals surface area contributed by atoms with Crippen LogP contribution in [0.3, 0.4) is 0 Å². The lowest BCUT2D eigenvalue weighted by Gasteiger charge is -2.34. The summed E-state index contributed by atoms with van der Waals surface area (Å²) in [5, 5.41) is 0. The van der Waals surface area contributed by atoms with Crippen LogP contribution >= 0.6 is 11.6 Å². The predicted octanol–water partition coefficient (Wildman–Crippen LogP) is 1.93. The van der Waals surface area contributed by atoms with Gasteiger partial charge in [0, 0.05) is 43.8 Å². The van der Waals surface area contributed by atoms with Crippen molar-refractivity contribution in [1.82, 2.24) is 9.80 Å². The second kappa shape index (κ2) is 6.37. The van der Waals surface area contributed by atoms with Gasteiger partial charge in [-0.1, -0.05) is 17.7 Å². The zero-order valence-corrected chi connectivity index (χ0v) is 12.4. The lowest BCUT2D eigenvalue weighted by Crippen LogP contribution is -2.48. The van der Waals surface area contributed by atoms with Crippen LogP contribution in [0.25, 0.3) is 0 Å². The third-order valence-corrected chi connectivity index (χ3v) is 3.91. The van der Waals surface area contributed by atoms with Gasteiger partial charge in [-0.25, -0.2) is 0 Å². The Morgan fingerprint density at radius 3 is 2.71 bits per heavy atom. The minimum absolute atomic E-state index is 0.0424. The number of piperazine rings is 1. The second-order valence-electron chi connectivity index (χ2n) is 5.02. The van der Waals surface area contributed by atoms with Crippen molar-refractivity contribution in [2.45, 2.75) is 0 Å². The molecule has 2 heterocycles. The molecule has 0 spiro atoms. The number of nitrogens with zero attached hydrogens (tertiary/aromatic N) is 2. The number of rotatable bonds is 3. The smallest absolute Gasteiger partial charge is 0.254 e. The Morgan fingerprint density at radius 2 is 1.95 bits per heavy atom. The first-order valence-corrected chi connectivity index (χ1v) is 7.38. The molecule has 0 radical (unpaired) electrons. The van der Waals surface area contributed by atoms with E-state index in [1.54, 1.807) is 18.2 Å². The van der Waals surface area contributed by atoms with Gasteiger partial charge in [0.1, 0.15) is 0 Å². The van der Waals surface area contributed by atoms with Crippen LogP contribution in [0.15, 0.2) is 29.8 Å². The summed E-state index contributed by atoms with van der Waals surface area (Å²) in [4.78, 5) is 16.6. The summed E-state index contributed by atoms with van der Waals surface area (Å²) in [5.41, 5.74) is 2.18. The van der Waals surface area contributed by atoms with Crippen molar-refractivity contribution in [3.05, 3.63) is 35.4 Å². The maximum Gasteiger partial charge on any atom is 0.254 e. The molecule has 0 saturated carbocycles. The van der Waals surface area contributed by atoms with Gasteiger partial charge in [-0.05, 0) is 18.2 Å². The topological polar surface area (TPSA) is 42.0 Å². The average Bonchev–Trinajstić information content (AvgIpc) is 3.00. The Hall–Kier alpha value is -1.72. The van der Waals surface area contributed by atoms with Crippen molar-refractivity contribution < 1.29 is 14.3 Å². The van der Waals surface area contributed by atoms with Gasteiger partial charge in [0.25, 0.3) is 5.91 Å². The van der Waals surface area contributed by atoms with Crippen LogP contribution in [-0.2, 0) is 0 Å². The van der Waals surface area contributed by atoms with Crippen LogP contribution in [0.4, 0.5) is 0 Å². The van der Waals surface area contributed by atoms with Crippen LogP contribution in [0.1, 0.15) is 10.4 Å². The summed E-state index contributed by atoms with van der Waals surface area (Å²) in [6.07, 6.45) is 1.91. The van der Waals surface area contributed by atoms with Gasteiger partial charge in [0.05, 0.1) is 0 Å². The molecule has 3 rings (SSSR count). The quantitative estimate of drug-likeness (QED) is 0.855. The number of hydrogen-bond acceptors (Lipinski definition) is 4. The van der Waals surface area contributed by atoms with Gasteiger partial charge in [0.2, 0.25) is 6.79 Å². The molecule has 1 amide bonds. The standard InChI is InChI=1S/C15H17ClN2O3/c16-4-1-5-17-6-8-18(9-7-17)15(19)12-2-3-13-14(10-12)21-11-20-13/h1-4,10H,5-9,11H2/b4-1+. The van der Waals surface area contributed by atoms with Gasteiger partial charge in [-0.15, -0.1) is 0 Å². The van der Waals surface area contributed by atoms with Crippen molar-refractivity contribution >= 4 is 17.5 Å². The predicted molar refractivity (Wildman–Crippen MR) is 79.9 cm³/mol. The normalized spacial score (nSPS) is 18.4. The number of fused-ring (bicyclic) bond motifs is 1. The first kappa shape index (κ1) is 14.2. The molecule has 21 heavy (non-hydrogen) atoms. The average molecular weight is 309 g/mol. The molecule has 112 valence electrons. The van der Waals surface area contributed by atoms with Gasteiger partial charge in [-0.3, -0.25) is 9.69 Å². The number of amides is 1. The maximum atomic E-state index is 12.5. The fourth-order valence-electron chi connectivity index (χ4n) is 2.53. The molecule has 6 heteroatoms. The Morgan fingerprint density at radius 1 is 1.19 bits per heavy atom. The largest absolute Gasteiger partial charge is 0.454 e. The van der Waals surface area contributed by atoms with Crippen molar-refractivity contribution in [2.24, 2.45) is 0 Å². The van der Waals surface area contributed by atoms with Crippen LogP contribution < -0.4 is 9.47 Å². The van der Waals surface area contributed by atoms with Crippen molar-refractivity contribution in [3.63, 3.8) is 0 Å². The second-order valence-corrected chi connectivity index (χ2v) is 5.27. The lowest BCUT2D eigenvalue weighted by atomic mass is 10.1. The SMILES string of the molecule is O=C(c1ccc2c(c1)OCO2)N1CCN(C/C=C/Cl)CC1. The lowest BCUT2D eigenvalue weighted by molar-refractivity contribution is 0.0650. The number of ether oxygens (including phenoxy) is 2. The zero-order valence-electron chi connectivity index (χ0n) is 11.6. The fraction of sp³-hybridized carbons (Fsp3) is 0.400. The van der Waals surface area contributed by atoms with E-state index in [0.29, 0.717) is 17.1 Å². The number of carbonyl (C=O) groups excluding carboxylic acids is 1. The van der Waals surface area contributed by atoms with Crippen LogP contribution in [0.2, 0.25) is 0 Å². The molecule has 2 aliphatic heterocycles. The molecular formula is C15H17ClN2O3. The van der Waals surface area contributed by atoms with Gasteiger partial charge >= 0.3 is 0 Å². The summed E-state index contributed by atoms with van der Waals surface area (Å²) in [6.45, 7) is 4.22. The number of benzene rings is 1. The first-order chi connectivity index (χ1) is 10.3. The van der Waals surface area contributed by atoms with Crippen molar-refractivity contribution in [2.75, 3.05) is 39.5 Å². The van der Waals surface area contributed by atoms with E-state index in [1.165, 1.54) is 5.54 Å². The van der Waals surface area contributed by atoms with E-state index in [0.717, 1.165) is 32.7 Å². The van der Waals surface area contributed by atoms with E-state index >= 15 is 0 Å². The van der Waals surface area contributed by atoms with Crippen LogP contribution in [0.5, 0.6) is 11.5 Å². The molecule has 1 saturated heterocycles. The first-order valence-electron chi connectivity index (χ1n) is 6.94. The highest BCUT2D eigenvalue weighted by Gasteiger charge is 2.23. The van der Waals surface area contributed by atoms with E-state index in [2.05, 4.69) is 4.90 Å². The monoisotopic (exact) mass is 308 g/mol. The molecule has 0 atom stereocenters. The zero-order chi connectivity index (χ0) is 14.7. The van der Waals surface area contributed by atoms with E-state index in [4.69, 9.17) is 21.1 Å². The highest BCUT2D eigenvalue weighted by Crippen LogP contribution is 2.32. The molecule has 0 unspecified atom stereocenters. The molecule has 0 bridgehead atoms. The summed E-state index contributed by atoms with van der Waals surface area (Å²) < 4.78 is 10.6. The summed E-state index contributed by atoms with van der Waals surface area (Å²) in [5.74, 6) is 1.39. The number of carbonyl (C=O) groups is 1. The molecular weight excluding hydrogens is 292 g/mol. The van der Waals surface area contributed by atoms with E-state index < -0.39 is 0 Å². The van der Waals surface area contributed by atoms with Gasteiger partial charge in [-0.2, -0.15) is 0 Å². The summed E-state index contributed by atoms with van der Waals surface area (Å²) in [6, 6.07) is 5.34. The fourth-order valence-corrected chi connectivity index (χ4v) is 2.61. The highest BCUT2D eigenvalue weighted by atomic mass is 35.5. The molecule has 5 nitrogen and oxygen atoms in total. The molecule has 1 aromatic carbocycles. The number of halogens is 1. The molecule has 0 aliphatic carbocycles. The highest BCUT2D eigenvalue weighted by molar-refractivity contribution is 6.25. The number of hydrogen-bond donors (Lipinski definition) is 0. The maximum absolute atomic E-state index is 12.5. The third kappa shape index (κ3) is 3.14. The Balaban J connectivity index is 1.61. The van der Waals surface area contributed by atoms with Crippen molar-refractivity contribution in [3.8, 4) is 11.5 Å².